The van der Waals surface area contributed by atoms with E-state index in [0.717, 1.165) is 15.7 Å². The molecule has 21 heavy (non-hydrogen) atoms. The second-order valence-electron chi connectivity index (χ2n) is 4.43. The molecule has 0 aromatic carbocycles. The lowest BCUT2D eigenvalue weighted by molar-refractivity contribution is 0.0944. The zero-order valence-electron chi connectivity index (χ0n) is 11.1. The van der Waals surface area contributed by atoms with Crippen LogP contribution < -0.4 is 5.32 Å². The SMILES string of the molecule is Cc1cnc(C(=O)NCc2nc3ncc(Br)cc3[nH]2)cn1. The number of aryl methyl sites for hydroxylation is 1. The Balaban J connectivity index is 1.71. The smallest absolute Gasteiger partial charge is 0.271 e. The van der Waals surface area contributed by atoms with E-state index in [2.05, 4.69) is 46.2 Å². The van der Waals surface area contributed by atoms with Crippen molar-refractivity contribution in [1.29, 1.82) is 0 Å². The number of carbonyl (C=O) groups is 1. The Hall–Kier alpha value is -2.35. The van der Waals surface area contributed by atoms with E-state index in [0.29, 0.717) is 11.5 Å². The number of pyridine rings is 1. The molecule has 0 aliphatic rings. The summed E-state index contributed by atoms with van der Waals surface area (Å²) in [6, 6.07) is 1.88. The number of amides is 1. The lowest BCUT2D eigenvalue weighted by Crippen LogP contribution is -2.24. The van der Waals surface area contributed by atoms with Crippen LogP contribution in [0.4, 0.5) is 0 Å². The quantitative estimate of drug-likeness (QED) is 0.752. The molecule has 3 aromatic rings. The van der Waals surface area contributed by atoms with E-state index in [-0.39, 0.29) is 18.1 Å². The molecule has 2 N–H and O–H groups in total. The third-order valence-corrected chi connectivity index (χ3v) is 3.22. The summed E-state index contributed by atoms with van der Waals surface area (Å²) in [4.78, 5) is 31.5. The third kappa shape index (κ3) is 3.05. The van der Waals surface area contributed by atoms with Gasteiger partial charge in [-0.3, -0.25) is 9.78 Å². The Bertz CT molecular complexity index is 798. The Morgan fingerprint density at radius 2 is 2.14 bits per heavy atom. The number of carbonyl (C=O) groups excluding carboxylic acids is 1. The van der Waals surface area contributed by atoms with Gasteiger partial charge in [-0.2, -0.15) is 0 Å². The van der Waals surface area contributed by atoms with E-state index in [1.165, 1.54) is 6.20 Å². The highest BCUT2D eigenvalue weighted by Gasteiger charge is 2.09. The molecule has 3 aromatic heterocycles. The summed E-state index contributed by atoms with van der Waals surface area (Å²) in [6.45, 7) is 2.08. The molecule has 106 valence electrons. The monoisotopic (exact) mass is 346 g/mol. The zero-order valence-corrected chi connectivity index (χ0v) is 12.7. The fourth-order valence-corrected chi connectivity index (χ4v) is 2.10. The van der Waals surface area contributed by atoms with Crippen LogP contribution >= 0.6 is 15.9 Å². The van der Waals surface area contributed by atoms with Crippen molar-refractivity contribution in [2.75, 3.05) is 0 Å². The number of aromatic amines is 1. The highest BCUT2D eigenvalue weighted by Crippen LogP contribution is 2.14. The maximum Gasteiger partial charge on any atom is 0.271 e. The van der Waals surface area contributed by atoms with Gasteiger partial charge in [-0.25, -0.2) is 15.0 Å². The average molecular weight is 347 g/mol. The summed E-state index contributed by atoms with van der Waals surface area (Å²) >= 11 is 3.35. The topological polar surface area (TPSA) is 96.5 Å². The molecule has 0 spiro atoms. The van der Waals surface area contributed by atoms with Gasteiger partial charge in [-0.1, -0.05) is 0 Å². The second kappa shape index (κ2) is 5.57. The predicted octanol–water partition coefficient (Wildman–Crippen LogP) is 1.75. The predicted molar refractivity (Wildman–Crippen MR) is 79.5 cm³/mol. The van der Waals surface area contributed by atoms with Crippen molar-refractivity contribution >= 4 is 33.0 Å². The first-order valence-corrected chi connectivity index (χ1v) is 6.98. The van der Waals surface area contributed by atoms with Gasteiger partial charge in [0, 0.05) is 16.9 Å². The van der Waals surface area contributed by atoms with Gasteiger partial charge < -0.3 is 10.3 Å². The van der Waals surface area contributed by atoms with Crippen molar-refractivity contribution in [3.63, 3.8) is 0 Å². The summed E-state index contributed by atoms with van der Waals surface area (Å²) < 4.78 is 0.865. The molecule has 7 nitrogen and oxygen atoms in total. The minimum atomic E-state index is -0.294. The highest BCUT2D eigenvalue weighted by molar-refractivity contribution is 9.10. The second-order valence-corrected chi connectivity index (χ2v) is 5.35. The highest BCUT2D eigenvalue weighted by atomic mass is 79.9. The lowest BCUT2D eigenvalue weighted by atomic mass is 10.4. The Morgan fingerprint density at radius 1 is 1.29 bits per heavy atom. The fraction of sp³-hybridized carbons (Fsp3) is 0.154. The lowest BCUT2D eigenvalue weighted by Gasteiger charge is -2.02. The van der Waals surface area contributed by atoms with E-state index < -0.39 is 0 Å². The minimum Gasteiger partial charge on any atom is -0.343 e. The Kier molecular flexibility index (Phi) is 3.61. The van der Waals surface area contributed by atoms with Crippen LogP contribution in [0.5, 0.6) is 0 Å². The molecule has 0 bridgehead atoms. The number of halogens is 1. The molecule has 0 unspecified atom stereocenters. The molecule has 8 heteroatoms. The number of fused-ring (bicyclic) bond motifs is 1. The number of nitrogens with one attached hydrogen (secondary N) is 2. The van der Waals surface area contributed by atoms with Gasteiger partial charge in [-0.05, 0) is 28.9 Å². The summed E-state index contributed by atoms with van der Waals surface area (Å²) in [7, 11) is 0. The van der Waals surface area contributed by atoms with Gasteiger partial charge in [0.1, 0.15) is 11.5 Å². The van der Waals surface area contributed by atoms with Crippen LogP contribution in [-0.4, -0.2) is 30.8 Å². The Morgan fingerprint density at radius 3 is 2.90 bits per heavy atom. The first kappa shape index (κ1) is 13.6. The van der Waals surface area contributed by atoms with Crippen molar-refractivity contribution in [3.05, 3.63) is 46.3 Å². The van der Waals surface area contributed by atoms with Crippen LogP contribution in [0.1, 0.15) is 22.0 Å². The molecular formula is C13H11BrN6O. The first-order chi connectivity index (χ1) is 10.1. The maximum absolute atomic E-state index is 11.9. The summed E-state index contributed by atoms with van der Waals surface area (Å²) in [5.41, 5.74) is 2.46. The zero-order chi connectivity index (χ0) is 14.8. The number of rotatable bonds is 3. The van der Waals surface area contributed by atoms with Crippen molar-refractivity contribution in [1.82, 2.24) is 30.2 Å². The van der Waals surface area contributed by atoms with Gasteiger partial charge in [0.2, 0.25) is 0 Å². The Labute approximate surface area is 128 Å². The number of H-pyrrole nitrogens is 1. The van der Waals surface area contributed by atoms with Crippen molar-refractivity contribution < 1.29 is 4.79 Å². The molecule has 0 fully saturated rings. The molecular weight excluding hydrogens is 336 g/mol. The van der Waals surface area contributed by atoms with E-state index in [9.17, 15) is 4.79 Å². The van der Waals surface area contributed by atoms with E-state index >= 15 is 0 Å². The van der Waals surface area contributed by atoms with Gasteiger partial charge >= 0.3 is 0 Å². The van der Waals surface area contributed by atoms with Crippen molar-refractivity contribution in [2.24, 2.45) is 0 Å². The van der Waals surface area contributed by atoms with Gasteiger partial charge in [-0.15, -0.1) is 0 Å². The fourth-order valence-electron chi connectivity index (χ4n) is 1.77. The molecule has 0 aliphatic carbocycles. The molecule has 0 saturated carbocycles. The van der Waals surface area contributed by atoms with Crippen LogP contribution in [0.3, 0.4) is 0 Å². The normalized spacial score (nSPS) is 10.8. The molecule has 3 heterocycles. The largest absolute Gasteiger partial charge is 0.343 e. The third-order valence-electron chi connectivity index (χ3n) is 2.78. The molecule has 0 aliphatic heterocycles. The summed E-state index contributed by atoms with van der Waals surface area (Å²) in [5.74, 6) is 0.334. The van der Waals surface area contributed by atoms with Crippen LogP contribution in [0, 0.1) is 6.92 Å². The van der Waals surface area contributed by atoms with Gasteiger partial charge in [0.15, 0.2) is 5.65 Å². The number of aromatic nitrogens is 5. The molecule has 0 atom stereocenters. The van der Waals surface area contributed by atoms with E-state index in [1.807, 2.05) is 13.0 Å². The number of imidazole rings is 1. The van der Waals surface area contributed by atoms with Crippen LogP contribution in [0.25, 0.3) is 11.2 Å². The maximum atomic E-state index is 11.9. The van der Waals surface area contributed by atoms with Crippen LogP contribution in [0.2, 0.25) is 0 Å². The standard InChI is InChI=1S/C13H11BrN6O/c1-7-3-16-10(5-15-7)13(21)18-6-11-19-9-2-8(14)4-17-12(9)20-11/h2-5H,6H2,1H3,(H,18,21)(H,17,19,20). The summed E-state index contributed by atoms with van der Waals surface area (Å²) in [5, 5.41) is 2.74. The van der Waals surface area contributed by atoms with Crippen molar-refractivity contribution in [2.45, 2.75) is 13.5 Å². The molecule has 0 radical (unpaired) electrons. The van der Waals surface area contributed by atoms with Crippen LogP contribution in [0.15, 0.2) is 29.1 Å². The molecule has 3 rings (SSSR count). The molecule has 0 saturated heterocycles. The number of nitrogens with zero attached hydrogens (tertiary/aromatic N) is 4. The molecule has 1 amide bonds. The first-order valence-electron chi connectivity index (χ1n) is 6.19. The minimum absolute atomic E-state index is 0.266. The summed E-state index contributed by atoms with van der Waals surface area (Å²) in [6.07, 6.45) is 4.67. The number of hydrogen-bond donors (Lipinski definition) is 2. The van der Waals surface area contributed by atoms with Crippen molar-refractivity contribution in [3.8, 4) is 0 Å². The number of hydrogen-bond acceptors (Lipinski definition) is 5. The van der Waals surface area contributed by atoms with Crippen LogP contribution in [-0.2, 0) is 6.54 Å². The van der Waals surface area contributed by atoms with E-state index in [4.69, 9.17) is 0 Å². The van der Waals surface area contributed by atoms with Gasteiger partial charge in [0.25, 0.3) is 5.91 Å². The van der Waals surface area contributed by atoms with E-state index in [1.54, 1.807) is 12.4 Å². The average Bonchev–Trinajstić information content (AvgIpc) is 2.87. The van der Waals surface area contributed by atoms with Gasteiger partial charge in [0.05, 0.1) is 24.0 Å².